The standard InChI is InChI=1S/C9H9BrOSSe/c1-9(2,11)8-6(10)7-5(13-8)3-4-12-7/h3-4,11H,1-2H3. The van der Waals surface area contributed by atoms with Crippen LogP contribution in [0, 0.1) is 0 Å². The number of rotatable bonds is 1. The van der Waals surface area contributed by atoms with E-state index in [9.17, 15) is 5.11 Å². The Bertz CT molecular complexity index is 438. The first kappa shape index (κ1) is 9.94. The molecule has 0 aromatic carbocycles. The Hall–Kier alpha value is 0.399. The van der Waals surface area contributed by atoms with E-state index in [1.807, 2.05) is 13.8 Å². The molecular formula is C9H9BrOSSe. The molecule has 0 fully saturated rings. The van der Waals surface area contributed by atoms with Crippen LogP contribution in [0.1, 0.15) is 18.3 Å². The molecule has 0 bridgehead atoms. The van der Waals surface area contributed by atoms with Crippen molar-refractivity contribution in [3.8, 4) is 0 Å². The summed E-state index contributed by atoms with van der Waals surface area (Å²) in [7, 11) is 0. The average molecular weight is 324 g/mol. The Morgan fingerprint density at radius 3 is 2.77 bits per heavy atom. The van der Waals surface area contributed by atoms with Gasteiger partial charge in [0.25, 0.3) is 0 Å². The zero-order chi connectivity index (χ0) is 9.64. The van der Waals surface area contributed by atoms with Gasteiger partial charge >= 0.3 is 95.6 Å². The minimum atomic E-state index is -0.683. The normalized spacial score (nSPS) is 12.6. The zero-order valence-corrected chi connectivity index (χ0v) is 11.4. The van der Waals surface area contributed by atoms with Gasteiger partial charge in [0, 0.05) is 0 Å². The van der Waals surface area contributed by atoms with Crippen LogP contribution in [0.5, 0.6) is 0 Å². The van der Waals surface area contributed by atoms with Gasteiger partial charge < -0.3 is 0 Å². The van der Waals surface area contributed by atoms with Crippen LogP contribution in [0.4, 0.5) is 0 Å². The Labute approximate surface area is 95.3 Å². The van der Waals surface area contributed by atoms with Crippen molar-refractivity contribution >= 4 is 50.7 Å². The second-order valence-electron chi connectivity index (χ2n) is 3.42. The van der Waals surface area contributed by atoms with E-state index >= 15 is 0 Å². The predicted molar refractivity (Wildman–Crippen MR) is 61.7 cm³/mol. The summed E-state index contributed by atoms with van der Waals surface area (Å²) in [5.41, 5.74) is -0.683. The Morgan fingerprint density at radius 1 is 1.54 bits per heavy atom. The number of fused-ring (bicyclic) bond motifs is 1. The topological polar surface area (TPSA) is 20.2 Å². The van der Waals surface area contributed by atoms with Gasteiger partial charge in [-0.3, -0.25) is 0 Å². The second-order valence-corrected chi connectivity index (χ2v) is 7.33. The number of hydrogen-bond donors (Lipinski definition) is 1. The van der Waals surface area contributed by atoms with Gasteiger partial charge in [-0.25, -0.2) is 0 Å². The van der Waals surface area contributed by atoms with Crippen molar-refractivity contribution in [3.63, 3.8) is 0 Å². The summed E-state index contributed by atoms with van der Waals surface area (Å²) in [5.74, 6) is 0. The maximum absolute atomic E-state index is 9.91. The van der Waals surface area contributed by atoms with Crippen LogP contribution in [0.25, 0.3) is 8.96 Å². The van der Waals surface area contributed by atoms with E-state index in [2.05, 4.69) is 27.4 Å². The van der Waals surface area contributed by atoms with Crippen molar-refractivity contribution in [1.29, 1.82) is 0 Å². The van der Waals surface area contributed by atoms with Crippen LogP contribution >= 0.6 is 27.3 Å². The summed E-state index contributed by atoms with van der Waals surface area (Å²) >= 11 is 5.60. The summed E-state index contributed by atoms with van der Waals surface area (Å²) in [6, 6.07) is 2.15. The third-order valence-corrected chi connectivity index (χ3v) is 7.74. The fraction of sp³-hybridized carbons (Fsp3) is 0.333. The molecule has 2 rings (SSSR count). The molecule has 1 nitrogen and oxygen atoms in total. The summed E-state index contributed by atoms with van der Waals surface area (Å²) < 4.78 is 4.96. The van der Waals surface area contributed by atoms with Crippen LogP contribution in [0.15, 0.2) is 15.9 Å². The number of halogens is 1. The van der Waals surface area contributed by atoms with Crippen molar-refractivity contribution in [2.45, 2.75) is 19.4 Å². The molecule has 13 heavy (non-hydrogen) atoms. The molecule has 0 amide bonds. The van der Waals surface area contributed by atoms with E-state index in [1.165, 1.54) is 8.96 Å². The van der Waals surface area contributed by atoms with E-state index in [0.29, 0.717) is 14.5 Å². The van der Waals surface area contributed by atoms with Gasteiger partial charge in [-0.2, -0.15) is 0 Å². The van der Waals surface area contributed by atoms with Gasteiger partial charge in [-0.05, 0) is 0 Å². The molecule has 0 spiro atoms. The molecule has 0 aliphatic carbocycles. The molecular weight excluding hydrogens is 315 g/mol. The molecule has 2 aromatic rings. The fourth-order valence-corrected chi connectivity index (χ4v) is 6.56. The van der Waals surface area contributed by atoms with Crippen molar-refractivity contribution < 1.29 is 5.11 Å². The molecule has 70 valence electrons. The number of hydrogen-bond acceptors (Lipinski definition) is 2. The fourth-order valence-electron chi connectivity index (χ4n) is 1.19. The quantitative estimate of drug-likeness (QED) is 0.800. The predicted octanol–water partition coefficient (Wildman–Crippen LogP) is 2.95. The third-order valence-electron chi connectivity index (χ3n) is 1.80. The van der Waals surface area contributed by atoms with E-state index in [4.69, 9.17) is 0 Å². The van der Waals surface area contributed by atoms with Crippen molar-refractivity contribution in [2.24, 2.45) is 0 Å². The second kappa shape index (κ2) is 3.21. The monoisotopic (exact) mass is 324 g/mol. The minimum absolute atomic E-state index is 0.298. The molecule has 0 aliphatic heterocycles. The molecule has 1 N–H and O–H groups in total. The van der Waals surface area contributed by atoms with Crippen molar-refractivity contribution in [2.75, 3.05) is 0 Å². The van der Waals surface area contributed by atoms with Crippen LogP contribution in [0.2, 0.25) is 0 Å². The average Bonchev–Trinajstić information content (AvgIpc) is 2.51. The first-order valence-electron chi connectivity index (χ1n) is 3.88. The molecule has 2 heterocycles. The van der Waals surface area contributed by atoms with E-state index < -0.39 is 5.60 Å². The summed E-state index contributed by atoms with van der Waals surface area (Å²) in [5, 5.41) is 12.0. The molecule has 0 aliphatic rings. The van der Waals surface area contributed by atoms with Crippen LogP contribution in [-0.2, 0) is 5.60 Å². The molecule has 2 aromatic heterocycles. The number of aliphatic hydroxyl groups is 1. The molecule has 0 saturated carbocycles. The summed E-state index contributed by atoms with van der Waals surface area (Å²) in [6.07, 6.45) is 0. The van der Waals surface area contributed by atoms with Gasteiger partial charge in [-0.1, -0.05) is 0 Å². The summed E-state index contributed by atoms with van der Waals surface area (Å²) in [6.45, 7) is 3.70. The third kappa shape index (κ3) is 1.66. The Balaban J connectivity index is 2.71. The summed E-state index contributed by atoms with van der Waals surface area (Å²) in [4.78, 5) is 0. The van der Waals surface area contributed by atoms with Crippen LogP contribution in [-0.4, -0.2) is 19.6 Å². The van der Waals surface area contributed by atoms with Crippen molar-refractivity contribution in [1.82, 2.24) is 0 Å². The van der Waals surface area contributed by atoms with Gasteiger partial charge in [0.1, 0.15) is 0 Å². The zero-order valence-electron chi connectivity index (χ0n) is 7.30. The van der Waals surface area contributed by atoms with Crippen LogP contribution < -0.4 is 0 Å². The molecule has 0 unspecified atom stereocenters. The van der Waals surface area contributed by atoms with Gasteiger partial charge in [-0.15, -0.1) is 0 Å². The van der Waals surface area contributed by atoms with E-state index in [-0.39, 0.29) is 0 Å². The van der Waals surface area contributed by atoms with E-state index in [0.717, 1.165) is 8.91 Å². The van der Waals surface area contributed by atoms with E-state index in [1.54, 1.807) is 11.3 Å². The Morgan fingerprint density at radius 2 is 2.23 bits per heavy atom. The first-order valence-corrected chi connectivity index (χ1v) is 7.27. The SMILES string of the molecule is CC(C)(O)c1[se]c2ccsc2c1Br. The molecule has 0 atom stereocenters. The van der Waals surface area contributed by atoms with Gasteiger partial charge in [0.2, 0.25) is 0 Å². The maximum atomic E-state index is 9.91. The Kier molecular flexibility index (Phi) is 2.45. The van der Waals surface area contributed by atoms with Crippen LogP contribution in [0.3, 0.4) is 0 Å². The van der Waals surface area contributed by atoms with Gasteiger partial charge in [0.05, 0.1) is 0 Å². The number of thiophene rings is 1. The molecule has 0 saturated heterocycles. The molecule has 4 heteroatoms. The first-order chi connectivity index (χ1) is 6.00. The van der Waals surface area contributed by atoms with Crippen molar-refractivity contribution in [3.05, 3.63) is 20.4 Å². The molecule has 0 radical (unpaired) electrons. The van der Waals surface area contributed by atoms with Gasteiger partial charge in [0.15, 0.2) is 0 Å².